The predicted octanol–water partition coefficient (Wildman–Crippen LogP) is 4.33. The number of H-pyrrole nitrogens is 1. The molecule has 4 aromatic rings. The molecule has 1 fully saturated rings. The Bertz CT molecular complexity index is 1470. The lowest BCUT2D eigenvalue weighted by atomic mass is 9.97. The second kappa shape index (κ2) is 9.70. The Morgan fingerprint density at radius 1 is 1.03 bits per heavy atom. The summed E-state index contributed by atoms with van der Waals surface area (Å²) in [6.45, 7) is 13.3. The van der Waals surface area contributed by atoms with Crippen molar-refractivity contribution in [1.82, 2.24) is 30.1 Å². The van der Waals surface area contributed by atoms with Gasteiger partial charge in [0.25, 0.3) is 5.56 Å². The van der Waals surface area contributed by atoms with Crippen molar-refractivity contribution in [1.29, 1.82) is 0 Å². The highest BCUT2D eigenvalue weighted by Crippen LogP contribution is 2.32. The van der Waals surface area contributed by atoms with Gasteiger partial charge < -0.3 is 9.88 Å². The molecule has 1 N–H and O–H groups in total. The maximum Gasteiger partial charge on any atom is 0.253 e. The first-order chi connectivity index (χ1) is 17.7. The number of nitrogens with one attached hydrogen (secondary N) is 1. The molecular weight excluding hydrogens is 469 g/mol. The fourth-order valence-corrected chi connectivity index (χ4v) is 5.13. The fraction of sp³-hybridized carbons (Fsp3) is 0.429. The molecule has 1 aliphatic rings. The lowest BCUT2D eigenvalue weighted by molar-refractivity contribution is 0.186. The summed E-state index contributed by atoms with van der Waals surface area (Å²) in [5, 5.41) is 13.9. The number of nitrogens with zero attached hydrogens (tertiary/aromatic N) is 6. The van der Waals surface area contributed by atoms with Gasteiger partial charge in [-0.1, -0.05) is 19.1 Å². The van der Waals surface area contributed by atoms with E-state index in [1.54, 1.807) is 0 Å². The van der Waals surface area contributed by atoms with Crippen LogP contribution < -0.4 is 10.5 Å². The van der Waals surface area contributed by atoms with E-state index in [0.29, 0.717) is 24.5 Å². The van der Waals surface area contributed by atoms with Gasteiger partial charge >= 0.3 is 0 Å². The van der Waals surface area contributed by atoms with Crippen LogP contribution in [0.1, 0.15) is 55.7 Å². The van der Waals surface area contributed by atoms with Gasteiger partial charge in [0, 0.05) is 42.8 Å². The lowest BCUT2D eigenvalue weighted by Crippen LogP contribution is -2.49. The molecule has 0 saturated carbocycles. The number of hydrogen-bond donors (Lipinski definition) is 1. The molecule has 0 amide bonds. The van der Waals surface area contributed by atoms with Crippen LogP contribution in [-0.2, 0) is 5.54 Å². The molecule has 8 nitrogen and oxygen atoms in total. The summed E-state index contributed by atoms with van der Waals surface area (Å²) in [5.74, 6) is 0.422. The van der Waals surface area contributed by atoms with E-state index in [9.17, 15) is 9.18 Å². The molecule has 1 atom stereocenters. The molecule has 0 spiro atoms. The second-order valence-corrected chi connectivity index (χ2v) is 10.6. The first kappa shape index (κ1) is 25.1. The number of pyridine rings is 1. The zero-order valence-corrected chi connectivity index (χ0v) is 22.1. The van der Waals surface area contributed by atoms with E-state index < -0.39 is 6.04 Å². The lowest BCUT2D eigenvalue weighted by Gasteiger charge is -2.40. The number of benzene rings is 2. The smallest absolute Gasteiger partial charge is 0.253 e. The maximum atomic E-state index is 13.6. The van der Waals surface area contributed by atoms with Gasteiger partial charge in [-0.05, 0) is 86.0 Å². The van der Waals surface area contributed by atoms with Gasteiger partial charge in [0.1, 0.15) is 11.9 Å². The molecule has 194 valence electrons. The number of hydrogen-bond acceptors (Lipinski definition) is 6. The average molecular weight is 504 g/mol. The van der Waals surface area contributed by atoms with Gasteiger partial charge in [0.2, 0.25) is 0 Å². The monoisotopic (exact) mass is 503 g/mol. The van der Waals surface area contributed by atoms with Crippen LogP contribution in [0.2, 0.25) is 0 Å². The van der Waals surface area contributed by atoms with Crippen molar-refractivity contribution < 1.29 is 4.39 Å². The zero-order chi connectivity index (χ0) is 26.3. The Morgan fingerprint density at radius 3 is 2.38 bits per heavy atom. The quantitative estimate of drug-likeness (QED) is 0.422. The summed E-state index contributed by atoms with van der Waals surface area (Å²) in [5.41, 5.74) is 4.18. The topological polar surface area (TPSA) is 82.9 Å². The van der Waals surface area contributed by atoms with Crippen LogP contribution in [0.15, 0.2) is 47.3 Å². The van der Waals surface area contributed by atoms with E-state index in [1.165, 1.54) is 12.1 Å². The van der Waals surface area contributed by atoms with Crippen LogP contribution in [0.25, 0.3) is 10.9 Å². The van der Waals surface area contributed by atoms with Crippen LogP contribution >= 0.6 is 0 Å². The third-order valence-corrected chi connectivity index (χ3v) is 7.81. The molecule has 1 aliphatic heterocycles. The van der Waals surface area contributed by atoms with Crippen LogP contribution in [0, 0.1) is 19.7 Å². The number of aromatic amines is 1. The number of aromatic nitrogens is 5. The van der Waals surface area contributed by atoms with E-state index >= 15 is 0 Å². The Hall–Kier alpha value is -3.59. The highest BCUT2D eigenvalue weighted by Gasteiger charge is 2.35. The van der Waals surface area contributed by atoms with E-state index in [4.69, 9.17) is 0 Å². The summed E-state index contributed by atoms with van der Waals surface area (Å²) in [7, 11) is 0. The second-order valence-electron chi connectivity index (χ2n) is 10.6. The van der Waals surface area contributed by atoms with Crippen LogP contribution in [-0.4, -0.2) is 56.3 Å². The average Bonchev–Trinajstić information content (AvgIpc) is 3.39. The Labute approximate surface area is 216 Å². The zero-order valence-electron chi connectivity index (χ0n) is 22.1. The SMILES string of the molecule is CCC(C)(C)n1nnnc1[C@H](c1cc2c(C)ccc(C)c2[nH]c1=O)N1CCN(c2ccc(F)cc2)CC1. The fourth-order valence-electron chi connectivity index (χ4n) is 5.13. The molecule has 0 bridgehead atoms. The molecule has 37 heavy (non-hydrogen) atoms. The van der Waals surface area contributed by atoms with Crippen LogP contribution in [0.4, 0.5) is 10.1 Å². The highest BCUT2D eigenvalue weighted by atomic mass is 19.1. The highest BCUT2D eigenvalue weighted by molar-refractivity contribution is 5.85. The Kier molecular flexibility index (Phi) is 6.58. The van der Waals surface area contributed by atoms with Crippen molar-refractivity contribution in [3.8, 4) is 0 Å². The number of tetrazole rings is 1. The van der Waals surface area contributed by atoms with E-state index in [-0.39, 0.29) is 16.9 Å². The molecule has 9 heteroatoms. The third-order valence-electron chi connectivity index (χ3n) is 7.81. The molecule has 5 rings (SSSR count). The molecule has 1 saturated heterocycles. The van der Waals surface area contributed by atoms with E-state index in [0.717, 1.165) is 47.2 Å². The predicted molar refractivity (Wildman–Crippen MR) is 144 cm³/mol. The Balaban J connectivity index is 1.59. The molecule has 3 heterocycles. The van der Waals surface area contributed by atoms with Crippen molar-refractivity contribution in [3.63, 3.8) is 0 Å². The number of aryl methyl sites for hydroxylation is 2. The van der Waals surface area contributed by atoms with Crippen LogP contribution in [0.3, 0.4) is 0 Å². The van der Waals surface area contributed by atoms with Gasteiger partial charge in [-0.15, -0.1) is 5.10 Å². The maximum absolute atomic E-state index is 13.6. The summed E-state index contributed by atoms with van der Waals surface area (Å²) in [6, 6.07) is 12.3. The van der Waals surface area contributed by atoms with Gasteiger partial charge in [-0.3, -0.25) is 9.69 Å². The van der Waals surface area contributed by atoms with Crippen molar-refractivity contribution >= 4 is 16.6 Å². The molecule has 0 unspecified atom stereocenters. The third kappa shape index (κ3) is 4.64. The largest absolute Gasteiger partial charge is 0.369 e. The van der Waals surface area contributed by atoms with Crippen molar-refractivity contribution in [2.24, 2.45) is 0 Å². The summed E-state index contributed by atoms with van der Waals surface area (Å²) in [4.78, 5) is 21.3. The number of anilines is 1. The molecule has 0 radical (unpaired) electrons. The Morgan fingerprint density at radius 2 is 1.70 bits per heavy atom. The van der Waals surface area contributed by atoms with Gasteiger partial charge in [-0.2, -0.15) is 0 Å². The van der Waals surface area contributed by atoms with Gasteiger partial charge in [-0.25, -0.2) is 9.07 Å². The van der Waals surface area contributed by atoms with E-state index in [2.05, 4.69) is 64.1 Å². The molecule has 0 aliphatic carbocycles. The van der Waals surface area contributed by atoms with Crippen molar-refractivity contribution in [2.45, 2.75) is 52.6 Å². The van der Waals surface area contributed by atoms with Crippen molar-refractivity contribution in [2.75, 3.05) is 31.1 Å². The van der Waals surface area contributed by atoms with E-state index in [1.807, 2.05) is 35.9 Å². The molecule has 2 aromatic heterocycles. The first-order valence-corrected chi connectivity index (χ1v) is 12.9. The minimum atomic E-state index is -0.413. The van der Waals surface area contributed by atoms with Gasteiger partial charge in [0.05, 0.1) is 11.1 Å². The summed E-state index contributed by atoms with van der Waals surface area (Å²) in [6.07, 6.45) is 0.836. The number of halogens is 1. The standard InChI is InChI=1S/C28H34FN7O/c1-6-28(4,5)36-26(31-32-33-36)25(23-17-22-18(2)7-8-19(3)24(22)30-27(23)37)35-15-13-34(14-16-35)21-11-9-20(29)10-12-21/h7-12,17,25H,6,13-16H2,1-5H3,(H,30,37)/t25-/m0/s1. The number of fused-ring (bicyclic) bond motifs is 1. The minimum absolute atomic E-state index is 0.129. The van der Waals surface area contributed by atoms with Crippen LogP contribution in [0.5, 0.6) is 0 Å². The first-order valence-electron chi connectivity index (χ1n) is 12.9. The summed E-state index contributed by atoms with van der Waals surface area (Å²) >= 11 is 0. The van der Waals surface area contributed by atoms with Crippen molar-refractivity contribution in [3.05, 3.63) is 81.2 Å². The number of piperazine rings is 1. The summed E-state index contributed by atoms with van der Waals surface area (Å²) < 4.78 is 15.3. The minimum Gasteiger partial charge on any atom is -0.369 e. The number of rotatable bonds is 6. The molecule has 2 aromatic carbocycles. The van der Waals surface area contributed by atoms with Gasteiger partial charge in [0.15, 0.2) is 5.82 Å². The normalized spacial score (nSPS) is 15.9. The molecular formula is C28H34FN7O.